The van der Waals surface area contributed by atoms with Crippen molar-refractivity contribution >= 4 is 29.3 Å². The summed E-state index contributed by atoms with van der Waals surface area (Å²) in [6, 6.07) is 5.71. The van der Waals surface area contributed by atoms with E-state index in [1.54, 1.807) is 31.7 Å². The van der Waals surface area contributed by atoms with E-state index in [2.05, 4.69) is 5.32 Å². The first-order valence-corrected chi connectivity index (χ1v) is 9.70. The van der Waals surface area contributed by atoms with Crippen LogP contribution < -0.4 is 5.32 Å². The zero-order valence-corrected chi connectivity index (χ0v) is 17.5. The average molecular weight is 421 g/mol. The van der Waals surface area contributed by atoms with Crippen LogP contribution >= 0.6 is 0 Å². The molecule has 1 aromatic carbocycles. The van der Waals surface area contributed by atoms with E-state index < -0.39 is 40.5 Å². The Balaban J connectivity index is 1.86. The van der Waals surface area contributed by atoms with Crippen molar-refractivity contribution in [3.63, 3.8) is 0 Å². The van der Waals surface area contributed by atoms with Crippen molar-refractivity contribution in [3.8, 4) is 0 Å². The Kier molecular flexibility index (Phi) is 7.36. The van der Waals surface area contributed by atoms with Gasteiger partial charge in [-0.05, 0) is 46.6 Å². The van der Waals surface area contributed by atoms with Crippen LogP contribution in [-0.4, -0.2) is 52.6 Å². The van der Waals surface area contributed by atoms with Crippen LogP contribution in [0.4, 0.5) is 16.2 Å². The topological polar surface area (TPSA) is 128 Å². The molecule has 164 valence electrons. The molecule has 1 saturated heterocycles. The number of nitrogens with zero attached hydrogens (tertiary/aromatic N) is 2. The van der Waals surface area contributed by atoms with Gasteiger partial charge in [0.25, 0.3) is 11.6 Å². The second-order valence-corrected chi connectivity index (χ2v) is 8.08. The molecule has 2 rings (SSSR count). The second kappa shape index (κ2) is 9.55. The third-order valence-corrected chi connectivity index (χ3v) is 4.50. The summed E-state index contributed by atoms with van der Waals surface area (Å²) in [5, 5.41) is 13.5. The highest BCUT2D eigenvalue weighted by atomic mass is 16.6. The number of amides is 2. The number of hydrogen-bond acceptors (Lipinski definition) is 7. The lowest BCUT2D eigenvalue weighted by atomic mass is 9.97. The number of hydrogen-bond donors (Lipinski definition) is 1. The molecule has 0 spiro atoms. The van der Waals surface area contributed by atoms with Crippen molar-refractivity contribution in [1.82, 2.24) is 4.90 Å². The number of nitrogens with one attached hydrogen (secondary N) is 1. The Bertz CT molecular complexity index is 811. The van der Waals surface area contributed by atoms with Crippen LogP contribution in [0.25, 0.3) is 0 Å². The molecule has 1 aliphatic rings. The number of piperidine rings is 1. The number of carbonyl (C=O) groups is 3. The zero-order valence-electron chi connectivity index (χ0n) is 17.5. The maximum Gasteiger partial charge on any atom is 0.410 e. The summed E-state index contributed by atoms with van der Waals surface area (Å²) in [6.07, 6.45) is -0.750. The molecule has 0 radical (unpaired) electrons. The quantitative estimate of drug-likeness (QED) is 0.439. The van der Waals surface area contributed by atoms with E-state index in [0.29, 0.717) is 25.9 Å². The smallest absolute Gasteiger partial charge is 0.410 e. The van der Waals surface area contributed by atoms with Crippen molar-refractivity contribution in [1.29, 1.82) is 0 Å². The minimum absolute atomic E-state index is 0.0288. The number of ether oxygens (including phenoxy) is 2. The largest absolute Gasteiger partial charge is 0.452 e. The molecule has 1 fully saturated rings. The van der Waals surface area contributed by atoms with Gasteiger partial charge in [0.1, 0.15) is 11.3 Å². The maximum atomic E-state index is 12.4. The van der Waals surface area contributed by atoms with Crippen LogP contribution in [0.5, 0.6) is 0 Å². The molecular weight excluding hydrogens is 394 g/mol. The molecule has 0 bridgehead atoms. The fourth-order valence-corrected chi connectivity index (χ4v) is 2.92. The summed E-state index contributed by atoms with van der Waals surface area (Å²) in [7, 11) is 0. The van der Waals surface area contributed by atoms with Crippen LogP contribution in [0.2, 0.25) is 0 Å². The normalized spacial score (nSPS) is 15.8. The number of para-hydroxylation sites is 2. The molecule has 1 heterocycles. The number of anilines is 1. The van der Waals surface area contributed by atoms with Gasteiger partial charge in [-0.15, -0.1) is 0 Å². The Morgan fingerprint density at radius 1 is 1.20 bits per heavy atom. The van der Waals surface area contributed by atoms with Crippen LogP contribution in [-0.2, 0) is 19.1 Å². The molecule has 1 aliphatic heterocycles. The van der Waals surface area contributed by atoms with Crippen LogP contribution in [0.15, 0.2) is 24.3 Å². The minimum atomic E-state index is -1.12. The van der Waals surface area contributed by atoms with Gasteiger partial charge in [0.15, 0.2) is 6.10 Å². The first-order valence-electron chi connectivity index (χ1n) is 9.70. The predicted octanol–water partition coefficient (Wildman–Crippen LogP) is 3.11. The molecule has 1 N–H and O–H groups in total. The molecule has 1 atom stereocenters. The summed E-state index contributed by atoms with van der Waals surface area (Å²) < 4.78 is 10.6. The average Bonchev–Trinajstić information content (AvgIpc) is 2.66. The fourth-order valence-electron chi connectivity index (χ4n) is 2.92. The van der Waals surface area contributed by atoms with Crippen molar-refractivity contribution < 1.29 is 28.8 Å². The first kappa shape index (κ1) is 23.1. The van der Waals surface area contributed by atoms with Gasteiger partial charge in [-0.2, -0.15) is 0 Å². The van der Waals surface area contributed by atoms with E-state index in [4.69, 9.17) is 9.47 Å². The van der Waals surface area contributed by atoms with E-state index in [0.717, 1.165) is 0 Å². The Hall–Kier alpha value is -3.17. The Labute approximate surface area is 174 Å². The summed E-state index contributed by atoms with van der Waals surface area (Å²) in [6.45, 7) is 7.46. The summed E-state index contributed by atoms with van der Waals surface area (Å²) in [4.78, 5) is 48.8. The number of rotatable bonds is 5. The number of nitro benzene ring substituents is 1. The molecule has 0 saturated carbocycles. The van der Waals surface area contributed by atoms with Crippen LogP contribution in [0.3, 0.4) is 0 Å². The molecule has 0 aliphatic carbocycles. The van der Waals surface area contributed by atoms with Gasteiger partial charge in [-0.25, -0.2) is 4.79 Å². The highest BCUT2D eigenvalue weighted by molar-refractivity contribution is 5.97. The summed E-state index contributed by atoms with van der Waals surface area (Å²) in [5.41, 5.74) is -0.816. The molecule has 1 aromatic rings. The van der Waals surface area contributed by atoms with Gasteiger partial charge in [0.2, 0.25) is 0 Å². The van der Waals surface area contributed by atoms with E-state index in [-0.39, 0.29) is 11.4 Å². The van der Waals surface area contributed by atoms with Gasteiger partial charge < -0.3 is 19.7 Å². The standard InChI is InChI=1S/C20H27N3O7/c1-13(17(24)21-15-7-5-6-8-16(15)23(27)28)29-18(25)14-9-11-22(12-10-14)19(26)30-20(2,3)4/h5-8,13-14H,9-12H2,1-4H3,(H,21,24)/t13-/m0/s1. The first-order chi connectivity index (χ1) is 14.0. The summed E-state index contributed by atoms with van der Waals surface area (Å²) in [5.74, 6) is -1.64. The Morgan fingerprint density at radius 2 is 1.80 bits per heavy atom. The number of nitro groups is 1. The number of carbonyl (C=O) groups excluding carboxylic acids is 3. The number of esters is 1. The van der Waals surface area contributed by atoms with Crippen molar-refractivity contribution in [2.24, 2.45) is 5.92 Å². The number of benzene rings is 1. The van der Waals surface area contributed by atoms with Gasteiger partial charge >= 0.3 is 12.1 Å². The molecule has 10 nitrogen and oxygen atoms in total. The van der Waals surface area contributed by atoms with Crippen LogP contribution in [0, 0.1) is 16.0 Å². The molecule has 10 heteroatoms. The third-order valence-electron chi connectivity index (χ3n) is 4.50. The van der Waals surface area contributed by atoms with Crippen molar-refractivity contribution in [2.45, 2.75) is 52.2 Å². The molecule has 0 aromatic heterocycles. The second-order valence-electron chi connectivity index (χ2n) is 8.08. The van der Waals surface area contributed by atoms with Gasteiger partial charge in [-0.1, -0.05) is 12.1 Å². The lowest BCUT2D eigenvalue weighted by Gasteiger charge is -2.32. The molecular formula is C20H27N3O7. The fraction of sp³-hybridized carbons (Fsp3) is 0.550. The van der Waals surface area contributed by atoms with Crippen molar-refractivity contribution in [3.05, 3.63) is 34.4 Å². The highest BCUT2D eigenvalue weighted by Gasteiger charge is 2.32. The SMILES string of the molecule is C[C@H](OC(=O)C1CCN(C(=O)OC(C)(C)C)CC1)C(=O)Nc1ccccc1[N+](=O)[O-]. The zero-order chi connectivity index (χ0) is 22.5. The number of likely N-dealkylation sites (tertiary alicyclic amines) is 1. The molecule has 2 amide bonds. The van der Waals surface area contributed by atoms with Gasteiger partial charge in [0.05, 0.1) is 10.8 Å². The van der Waals surface area contributed by atoms with Gasteiger partial charge in [-0.3, -0.25) is 19.7 Å². The van der Waals surface area contributed by atoms with E-state index in [1.807, 2.05) is 0 Å². The van der Waals surface area contributed by atoms with E-state index in [1.165, 1.54) is 25.1 Å². The predicted molar refractivity (Wildman–Crippen MR) is 108 cm³/mol. The minimum Gasteiger partial charge on any atom is -0.452 e. The molecule has 0 unspecified atom stereocenters. The molecule has 30 heavy (non-hydrogen) atoms. The van der Waals surface area contributed by atoms with Crippen molar-refractivity contribution in [2.75, 3.05) is 18.4 Å². The lowest BCUT2D eigenvalue weighted by molar-refractivity contribution is -0.383. The van der Waals surface area contributed by atoms with E-state index in [9.17, 15) is 24.5 Å². The monoisotopic (exact) mass is 421 g/mol. The van der Waals surface area contributed by atoms with Crippen LogP contribution in [0.1, 0.15) is 40.5 Å². The van der Waals surface area contributed by atoms with Gasteiger partial charge in [0, 0.05) is 19.2 Å². The van der Waals surface area contributed by atoms with E-state index >= 15 is 0 Å². The maximum absolute atomic E-state index is 12.4. The lowest BCUT2D eigenvalue weighted by Crippen LogP contribution is -2.43. The highest BCUT2D eigenvalue weighted by Crippen LogP contribution is 2.24. The summed E-state index contributed by atoms with van der Waals surface area (Å²) >= 11 is 0. The Morgan fingerprint density at radius 3 is 2.37 bits per heavy atom. The third kappa shape index (κ3) is 6.43.